The van der Waals surface area contributed by atoms with Crippen LogP contribution in [0.1, 0.15) is 164 Å². The van der Waals surface area contributed by atoms with Gasteiger partial charge in [0.25, 0.3) is 25.3 Å². The molecule has 8 aromatic carbocycles. The van der Waals surface area contributed by atoms with Gasteiger partial charge in [-0.15, -0.1) is 0 Å². The lowest BCUT2D eigenvalue weighted by Gasteiger charge is -2.25. The van der Waals surface area contributed by atoms with E-state index in [1.807, 2.05) is 124 Å². The van der Waals surface area contributed by atoms with Gasteiger partial charge in [0.05, 0.1) is 49.7 Å². The summed E-state index contributed by atoms with van der Waals surface area (Å²) < 4.78 is 62.2. The summed E-state index contributed by atoms with van der Waals surface area (Å²) >= 11 is 0. The van der Waals surface area contributed by atoms with E-state index in [1.165, 1.54) is 143 Å². The van der Waals surface area contributed by atoms with E-state index < -0.39 is 0 Å². The fourth-order valence-electron chi connectivity index (χ4n) is 15.6. The molecule has 0 amide bonds. The molecule has 0 aliphatic heterocycles. The third-order valence-corrected chi connectivity index (χ3v) is 20.8. The first-order valence-corrected chi connectivity index (χ1v) is 34.2. The van der Waals surface area contributed by atoms with E-state index >= 15 is 0 Å². The molecule has 0 unspecified atom stereocenters. The topological polar surface area (TPSA) is 67.1 Å². The molecule has 12 aromatic rings. The number of hydrogen-bond acceptors (Lipinski definition) is 4. The van der Waals surface area contributed by atoms with Crippen molar-refractivity contribution in [1.29, 1.82) is 0 Å². The van der Waals surface area contributed by atoms with E-state index in [2.05, 4.69) is 82.8 Å². The second kappa shape index (κ2) is 28.0. The Labute approximate surface area is 556 Å². The van der Waals surface area contributed by atoms with Crippen molar-refractivity contribution in [3.8, 4) is 45.0 Å². The molecule has 16 rings (SSSR count). The molecule has 4 heterocycles. The van der Waals surface area contributed by atoms with Crippen LogP contribution in [-0.2, 0) is 28.2 Å². The zero-order chi connectivity index (χ0) is 66.0. The number of para-hydroxylation sites is 2. The van der Waals surface area contributed by atoms with Gasteiger partial charge in [-0.05, 0) is 265 Å². The average molecular weight is 1270 g/mol. The lowest BCUT2D eigenvalue weighted by molar-refractivity contribution is -0.662. The number of hydrogen-bond donors (Lipinski definition) is 0. The average Bonchev–Trinajstić information content (AvgIpc) is 1.02. The van der Waals surface area contributed by atoms with Gasteiger partial charge in [-0.3, -0.25) is 0 Å². The van der Waals surface area contributed by atoms with Crippen LogP contribution in [0.5, 0.6) is 0 Å². The maximum Gasteiger partial charge on any atom is 0.287 e. The van der Waals surface area contributed by atoms with Crippen molar-refractivity contribution in [3.63, 3.8) is 0 Å². The monoisotopic (exact) mass is 1270 g/mol. The number of fused-ring (bicyclic) bond motifs is 4. The van der Waals surface area contributed by atoms with Gasteiger partial charge in [0.15, 0.2) is 22.1 Å². The van der Waals surface area contributed by atoms with Gasteiger partial charge >= 0.3 is 0 Å². The molecule has 8 nitrogen and oxygen atoms in total. The van der Waals surface area contributed by atoms with Crippen LogP contribution in [0, 0.1) is 51.0 Å². The second-order valence-corrected chi connectivity index (χ2v) is 27.3. The van der Waals surface area contributed by atoms with Crippen molar-refractivity contribution in [2.45, 2.75) is 148 Å². The summed E-state index contributed by atoms with van der Waals surface area (Å²) in [6.45, 7) is 7.84. The van der Waals surface area contributed by atoms with E-state index in [1.54, 1.807) is 24.3 Å². The Morgan fingerprint density at radius 1 is 0.305 bits per heavy atom. The minimum absolute atomic E-state index is 0.191. The number of aromatic nitrogens is 8. The SMILES string of the molecule is Cc1cc(F)ccc1-c1c2cc(C3CCCC3)ccc2nc[n+]1C.Cc1cc(F)ccc1-c1c2ccc(C3CCCC3)cc2nc[n+]1C.Cc1cc(F)ccc1-c1c2cccc(C3CCC3)c2nc[n+]1C.Cc1cc(F)ccc1-c1c2cccc(C3CCCC3)c2nc[n+]1C. The fraction of sp³-hybridized carbons (Fsp3) is 0.325. The highest BCUT2D eigenvalue weighted by Crippen LogP contribution is 2.43. The van der Waals surface area contributed by atoms with Crippen molar-refractivity contribution in [3.05, 3.63) is 239 Å². The second-order valence-electron chi connectivity index (χ2n) is 27.3. The Hall–Kier alpha value is -9.16. The summed E-state index contributed by atoms with van der Waals surface area (Å²) in [5.41, 5.74) is 22.2. The van der Waals surface area contributed by atoms with Crippen LogP contribution < -0.4 is 18.3 Å². The predicted molar refractivity (Wildman–Crippen MR) is 372 cm³/mol. The summed E-state index contributed by atoms with van der Waals surface area (Å²) in [5, 5.41) is 4.57. The Kier molecular flexibility index (Phi) is 19.0. The minimum Gasteiger partial charge on any atom is -0.232 e. The lowest BCUT2D eigenvalue weighted by Crippen LogP contribution is -2.32. The summed E-state index contributed by atoms with van der Waals surface area (Å²) in [6, 6.07) is 46.3. The van der Waals surface area contributed by atoms with Crippen LogP contribution in [0.4, 0.5) is 17.6 Å². The highest BCUT2D eigenvalue weighted by atomic mass is 19.1. The van der Waals surface area contributed by atoms with Crippen molar-refractivity contribution in [2.75, 3.05) is 0 Å². The molecule has 4 aromatic heterocycles. The molecule has 0 saturated heterocycles. The molecule has 0 spiro atoms. The minimum atomic E-state index is -0.194. The van der Waals surface area contributed by atoms with E-state index in [0.717, 1.165) is 111 Å². The molecule has 4 aliphatic rings. The first-order chi connectivity index (χ1) is 46.1. The maximum atomic E-state index is 13.5. The van der Waals surface area contributed by atoms with Crippen LogP contribution in [-0.4, -0.2) is 19.9 Å². The van der Waals surface area contributed by atoms with E-state index in [4.69, 9.17) is 9.97 Å². The zero-order valence-corrected chi connectivity index (χ0v) is 56.2. The van der Waals surface area contributed by atoms with Crippen LogP contribution >= 0.6 is 0 Å². The first kappa shape index (κ1) is 64.5. The summed E-state index contributed by atoms with van der Waals surface area (Å²) in [5.74, 6) is 1.84. The Balaban J connectivity index is 0.000000115. The molecule has 0 atom stereocenters. The molecule has 482 valence electrons. The van der Waals surface area contributed by atoms with Crippen molar-refractivity contribution >= 4 is 43.6 Å². The highest BCUT2D eigenvalue weighted by Gasteiger charge is 2.29. The predicted octanol–water partition coefficient (Wildman–Crippen LogP) is 18.9. The third kappa shape index (κ3) is 13.5. The van der Waals surface area contributed by atoms with Crippen molar-refractivity contribution in [1.82, 2.24) is 19.9 Å². The van der Waals surface area contributed by atoms with Gasteiger partial charge in [0.2, 0.25) is 0 Å². The number of nitrogens with zero attached hydrogens (tertiary/aromatic N) is 8. The number of rotatable bonds is 8. The van der Waals surface area contributed by atoms with Crippen LogP contribution in [0.3, 0.4) is 0 Å². The van der Waals surface area contributed by atoms with Gasteiger partial charge in [-0.2, -0.15) is 0 Å². The van der Waals surface area contributed by atoms with Gasteiger partial charge in [0, 0.05) is 33.4 Å². The molecule has 0 N–H and O–H groups in total. The number of benzene rings is 8. The van der Waals surface area contributed by atoms with Gasteiger partial charge < -0.3 is 0 Å². The first-order valence-electron chi connectivity index (χ1n) is 34.2. The van der Waals surface area contributed by atoms with E-state index in [0.29, 0.717) is 23.7 Å². The molecule has 95 heavy (non-hydrogen) atoms. The normalized spacial score (nSPS) is 15.2. The van der Waals surface area contributed by atoms with Crippen LogP contribution in [0.15, 0.2) is 171 Å². The van der Waals surface area contributed by atoms with E-state index in [9.17, 15) is 17.6 Å². The van der Waals surface area contributed by atoms with Gasteiger partial charge in [-0.1, -0.05) is 81.3 Å². The molecule has 0 radical (unpaired) electrons. The molecule has 4 saturated carbocycles. The van der Waals surface area contributed by atoms with Crippen LogP contribution in [0.25, 0.3) is 88.6 Å². The zero-order valence-electron chi connectivity index (χ0n) is 56.2. The van der Waals surface area contributed by atoms with Crippen molar-refractivity contribution < 1.29 is 35.8 Å². The Bertz CT molecular complexity index is 4780. The highest BCUT2D eigenvalue weighted by molar-refractivity contribution is 5.96. The van der Waals surface area contributed by atoms with Crippen molar-refractivity contribution in [2.24, 2.45) is 28.2 Å². The number of halogens is 4. The molecule has 4 fully saturated rings. The lowest BCUT2D eigenvalue weighted by atomic mass is 9.79. The Morgan fingerprint density at radius 2 is 0.642 bits per heavy atom. The smallest absolute Gasteiger partial charge is 0.232 e. The summed E-state index contributed by atoms with van der Waals surface area (Å²) in [7, 11) is 8.01. The maximum absolute atomic E-state index is 13.5. The van der Waals surface area contributed by atoms with Crippen LogP contribution in [0.2, 0.25) is 0 Å². The molecular weight excluding hydrogens is 1180 g/mol. The van der Waals surface area contributed by atoms with Gasteiger partial charge in [-0.25, -0.2) is 35.8 Å². The third-order valence-electron chi connectivity index (χ3n) is 20.8. The molecule has 4 aliphatic carbocycles. The largest absolute Gasteiger partial charge is 0.287 e. The standard InChI is InChI=1S/3C21H22FN2.C20H20FN2/c1-14-12-16(22)10-11-17(14)21-19-9-5-8-18(15-6-3-4-7-15)20(19)23-13-24(21)2;1-14-11-17(22)8-9-18(14)21-19-12-16(15-5-3-4-6-15)7-10-20(19)23-13-24(21)2;1-14-11-17(22)8-10-18(14)21-19-9-7-16(15-5-3-4-6-15)12-20(19)23-13-24(21)2;1-13-11-15(21)9-10-16(13)20-18-8-4-7-17(14-5-3-6-14)19(18)22-12-23(20)2/h5,8-13,15H,3-4,6-7H2,1-2H3;2*7-13,15H,3-6H2,1-2H3;4,7-12,14H,3,5-6H2,1-2H3/q4*+1. The molecule has 12 heteroatoms. The van der Waals surface area contributed by atoms with E-state index in [-0.39, 0.29) is 23.3 Å². The molecule has 0 bridgehead atoms. The Morgan fingerprint density at radius 3 is 1.03 bits per heavy atom. The fourth-order valence-corrected chi connectivity index (χ4v) is 15.6. The number of aryl methyl sites for hydroxylation is 8. The quantitative estimate of drug-likeness (QED) is 0.112. The molecular formula is C83H86F4N8+4. The summed E-state index contributed by atoms with van der Waals surface area (Å²) in [4.78, 5) is 18.7. The van der Waals surface area contributed by atoms with Gasteiger partial charge in [0.1, 0.15) is 46.0 Å². The summed E-state index contributed by atoms with van der Waals surface area (Å²) in [6.07, 6.45) is 26.9.